The second-order valence-corrected chi connectivity index (χ2v) is 7.99. The largest absolute Gasteiger partial charge is 0.357 e. The average molecular weight is 366 g/mol. The minimum Gasteiger partial charge on any atom is -0.357 e. The summed E-state index contributed by atoms with van der Waals surface area (Å²) in [4.78, 5) is 11.9. The van der Waals surface area contributed by atoms with Crippen LogP contribution in [0.25, 0.3) is 0 Å². The smallest absolute Gasteiger partial charge is 0.191 e. The number of hydrogen-bond donors (Lipinski definition) is 2. The van der Waals surface area contributed by atoms with Gasteiger partial charge in [-0.2, -0.15) is 0 Å². The molecular weight excluding hydrogens is 330 g/mol. The summed E-state index contributed by atoms with van der Waals surface area (Å²) in [5, 5.41) is 10.2. The Morgan fingerprint density at radius 2 is 2.08 bits per heavy atom. The van der Waals surface area contributed by atoms with E-state index in [0.29, 0.717) is 5.92 Å². The Labute approximate surface area is 157 Å². The van der Waals surface area contributed by atoms with Crippen molar-refractivity contribution in [3.63, 3.8) is 0 Å². The number of rotatable bonds is 9. The van der Waals surface area contributed by atoms with Crippen molar-refractivity contribution in [1.82, 2.24) is 20.5 Å². The monoisotopic (exact) mass is 365 g/mol. The van der Waals surface area contributed by atoms with Gasteiger partial charge in [0.05, 0.1) is 10.7 Å². The van der Waals surface area contributed by atoms with Crippen LogP contribution in [0.4, 0.5) is 0 Å². The van der Waals surface area contributed by atoms with Gasteiger partial charge in [0.1, 0.15) is 0 Å². The van der Waals surface area contributed by atoms with Crippen LogP contribution in [0, 0.1) is 12.8 Å². The lowest BCUT2D eigenvalue weighted by molar-refractivity contribution is 0.179. The fourth-order valence-corrected chi connectivity index (χ4v) is 3.78. The van der Waals surface area contributed by atoms with Crippen LogP contribution in [0.1, 0.15) is 56.7 Å². The number of thiazole rings is 1. The number of guanidine groups is 1. The summed E-state index contributed by atoms with van der Waals surface area (Å²) in [5.41, 5.74) is 1.23. The summed E-state index contributed by atoms with van der Waals surface area (Å²) < 4.78 is 0. The van der Waals surface area contributed by atoms with Crippen molar-refractivity contribution < 1.29 is 0 Å². The maximum atomic E-state index is 4.81. The molecule has 1 aliphatic rings. The first-order chi connectivity index (χ1) is 12.2. The molecule has 6 heteroatoms. The standard InChI is InChI=1S/C19H35N5S/c1-4-6-7-10-21-19(20-5-2)22-13-17-8-11-24(12-9-17)14-18-15-25-16(3)23-18/h15,17H,4-14H2,1-3H3,(H2,20,21,22). The molecule has 0 aromatic carbocycles. The molecule has 142 valence electrons. The predicted octanol–water partition coefficient (Wildman–Crippen LogP) is 3.41. The molecule has 2 heterocycles. The molecule has 1 aliphatic heterocycles. The van der Waals surface area contributed by atoms with E-state index in [1.54, 1.807) is 11.3 Å². The van der Waals surface area contributed by atoms with Crippen molar-refractivity contribution in [3.05, 3.63) is 16.1 Å². The summed E-state index contributed by atoms with van der Waals surface area (Å²) in [7, 11) is 0. The van der Waals surface area contributed by atoms with Crippen molar-refractivity contribution in [2.24, 2.45) is 10.9 Å². The molecule has 1 aromatic rings. The Bertz CT molecular complexity index is 506. The first-order valence-corrected chi connectivity index (χ1v) is 10.7. The lowest BCUT2D eigenvalue weighted by Crippen LogP contribution is -2.39. The number of aryl methyl sites for hydroxylation is 1. The molecule has 25 heavy (non-hydrogen) atoms. The minimum atomic E-state index is 0.708. The van der Waals surface area contributed by atoms with E-state index >= 15 is 0 Å². The number of unbranched alkanes of at least 4 members (excludes halogenated alkanes) is 2. The molecule has 2 rings (SSSR count). The van der Waals surface area contributed by atoms with Gasteiger partial charge in [-0.25, -0.2) is 4.98 Å². The Kier molecular flexibility index (Phi) is 9.26. The first kappa shape index (κ1) is 20.2. The zero-order chi connectivity index (χ0) is 17.9. The zero-order valence-electron chi connectivity index (χ0n) is 16.2. The third kappa shape index (κ3) is 7.74. The van der Waals surface area contributed by atoms with Gasteiger partial charge in [-0.05, 0) is 52.1 Å². The normalized spacial score (nSPS) is 17.0. The fourth-order valence-electron chi connectivity index (χ4n) is 3.18. The molecule has 0 amide bonds. The molecule has 0 aliphatic carbocycles. The van der Waals surface area contributed by atoms with Gasteiger partial charge in [0.15, 0.2) is 5.96 Å². The highest BCUT2D eigenvalue weighted by atomic mass is 32.1. The van der Waals surface area contributed by atoms with Gasteiger partial charge >= 0.3 is 0 Å². The van der Waals surface area contributed by atoms with Crippen LogP contribution in [-0.2, 0) is 6.54 Å². The van der Waals surface area contributed by atoms with Gasteiger partial charge in [0, 0.05) is 31.6 Å². The van der Waals surface area contributed by atoms with Crippen molar-refractivity contribution in [3.8, 4) is 0 Å². The Balaban J connectivity index is 1.69. The van der Waals surface area contributed by atoms with Crippen LogP contribution < -0.4 is 10.6 Å². The maximum absolute atomic E-state index is 4.81. The van der Waals surface area contributed by atoms with Gasteiger partial charge in [-0.15, -0.1) is 11.3 Å². The van der Waals surface area contributed by atoms with Gasteiger partial charge in [0.2, 0.25) is 0 Å². The average Bonchev–Trinajstić information content (AvgIpc) is 3.02. The maximum Gasteiger partial charge on any atom is 0.191 e. The van der Waals surface area contributed by atoms with E-state index in [1.807, 2.05) is 0 Å². The fraction of sp³-hybridized carbons (Fsp3) is 0.789. The van der Waals surface area contributed by atoms with Crippen LogP contribution >= 0.6 is 11.3 Å². The van der Waals surface area contributed by atoms with E-state index in [-0.39, 0.29) is 0 Å². The molecule has 1 saturated heterocycles. The second-order valence-electron chi connectivity index (χ2n) is 6.93. The summed E-state index contributed by atoms with van der Waals surface area (Å²) in [6.45, 7) is 12.7. The molecule has 0 radical (unpaired) electrons. The predicted molar refractivity (Wildman–Crippen MR) is 108 cm³/mol. The van der Waals surface area contributed by atoms with Gasteiger partial charge < -0.3 is 10.6 Å². The minimum absolute atomic E-state index is 0.708. The molecule has 5 nitrogen and oxygen atoms in total. The molecule has 1 aromatic heterocycles. The number of aliphatic imine (C=N–C) groups is 1. The summed E-state index contributed by atoms with van der Waals surface area (Å²) in [5.74, 6) is 1.69. The number of aromatic nitrogens is 1. The molecular formula is C19H35N5S. The molecule has 0 spiro atoms. The highest BCUT2D eigenvalue weighted by molar-refractivity contribution is 7.09. The number of nitrogens with one attached hydrogen (secondary N) is 2. The summed E-state index contributed by atoms with van der Waals surface area (Å²) >= 11 is 1.75. The Hall–Kier alpha value is -1.14. The molecule has 0 bridgehead atoms. The van der Waals surface area contributed by atoms with E-state index in [0.717, 1.165) is 45.2 Å². The van der Waals surface area contributed by atoms with Crippen molar-refractivity contribution >= 4 is 17.3 Å². The van der Waals surface area contributed by atoms with Crippen molar-refractivity contribution in [2.75, 3.05) is 32.7 Å². The quantitative estimate of drug-likeness (QED) is 0.400. The van der Waals surface area contributed by atoms with Crippen LogP contribution in [-0.4, -0.2) is 48.6 Å². The second kappa shape index (κ2) is 11.5. The summed E-state index contributed by atoms with van der Waals surface area (Å²) in [6, 6.07) is 0. The van der Waals surface area contributed by atoms with Gasteiger partial charge in [0.25, 0.3) is 0 Å². The SMILES string of the molecule is CCCCCNC(=NCC1CCN(Cc2csc(C)n2)CC1)NCC. The molecule has 2 N–H and O–H groups in total. The van der Waals surface area contributed by atoms with Gasteiger partial charge in [-0.3, -0.25) is 9.89 Å². The van der Waals surface area contributed by atoms with E-state index in [9.17, 15) is 0 Å². The van der Waals surface area contributed by atoms with Crippen LogP contribution in [0.3, 0.4) is 0 Å². The van der Waals surface area contributed by atoms with Crippen molar-refractivity contribution in [2.45, 2.75) is 59.4 Å². The van der Waals surface area contributed by atoms with E-state index in [4.69, 9.17) is 4.99 Å². The molecule has 0 atom stereocenters. The van der Waals surface area contributed by atoms with Crippen LogP contribution in [0.5, 0.6) is 0 Å². The topological polar surface area (TPSA) is 52.6 Å². The molecule has 0 unspecified atom stereocenters. The molecule has 0 saturated carbocycles. The van der Waals surface area contributed by atoms with Crippen LogP contribution in [0.2, 0.25) is 0 Å². The van der Waals surface area contributed by atoms with E-state index in [1.165, 1.54) is 42.8 Å². The first-order valence-electron chi connectivity index (χ1n) is 9.86. The number of nitrogens with zero attached hydrogens (tertiary/aromatic N) is 3. The van der Waals surface area contributed by atoms with E-state index in [2.05, 4.69) is 46.7 Å². The highest BCUT2D eigenvalue weighted by Gasteiger charge is 2.19. The lowest BCUT2D eigenvalue weighted by Gasteiger charge is -2.30. The Morgan fingerprint density at radius 3 is 2.72 bits per heavy atom. The molecule has 1 fully saturated rings. The van der Waals surface area contributed by atoms with E-state index < -0.39 is 0 Å². The lowest BCUT2D eigenvalue weighted by atomic mass is 9.97. The third-order valence-electron chi connectivity index (χ3n) is 4.68. The number of hydrogen-bond acceptors (Lipinski definition) is 4. The zero-order valence-corrected chi connectivity index (χ0v) is 17.0. The highest BCUT2D eigenvalue weighted by Crippen LogP contribution is 2.20. The number of piperidine rings is 1. The van der Waals surface area contributed by atoms with Gasteiger partial charge in [-0.1, -0.05) is 19.8 Å². The van der Waals surface area contributed by atoms with Crippen molar-refractivity contribution in [1.29, 1.82) is 0 Å². The summed E-state index contributed by atoms with van der Waals surface area (Å²) in [6.07, 6.45) is 6.23. The number of likely N-dealkylation sites (tertiary alicyclic amines) is 1. The Morgan fingerprint density at radius 1 is 1.28 bits per heavy atom. The third-order valence-corrected chi connectivity index (χ3v) is 5.51. The van der Waals surface area contributed by atoms with Crippen LogP contribution in [0.15, 0.2) is 10.4 Å².